The maximum atomic E-state index is 9.91. The summed E-state index contributed by atoms with van der Waals surface area (Å²) in [5, 5.41) is 19.7. The molecule has 2 unspecified atom stereocenters. The van der Waals surface area contributed by atoms with Gasteiger partial charge < -0.3 is 15.2 Å². The molecule has 20 heavy (non-hydrogen) atoms. The zero-order valence-electron chi connectivity index (χ0n) is 11.8. The molecule has 2 fully saturated rings. The number of fused-ring (bicyclic) bond motifs is 3. The molecular formula is C14H18N4O2. The van der Waals surface area contributed by atoms with Crippen LogP contribution < -0.4 is 5.73 Å². The zero-order chi connectivity index (χ0) is 14.6. The van der Waals surface area contributed by atoms with E-state index in [0.29, 0.717) is 0 Å². The van der Waals surface area contributed by atoms with Gasteiger partial charge in [0, 0.05) is 19.6 Å². The SMILES string of the molecule is COC1(OC)N=C(N)C2(C#N)C3(CCCCC3)C12C#N. The third-order valence-corrected chi connectivity index (χ3v) is 5.66. The summed E-state index contributed by atoms with van der Waals surface area (Å²) in [5.74, 6) is -1.27. The van der Waals surface area contributed by atoms with Crippen LogP contribution in [0.3, 0.4) is 0 Å². The van der Waals surface area contributed by atoms with Gasteiger partial charge in [0.2, 0.25) is 0 Å². The summed E-state index contributed by atoms with van der Waals surface area (Å²) in [7, 11) is 2.89. The van der Waals surface area contributed by atoms with Crippen molar-refractivity contribution in [2.75, 3.05) is 14.2 Å². The first-order chi connectivity index (χ1) is 9.58. The van der Waals surface area contributed by atoms with Crippen molar-refractivity contribution < 1.29 is 9.47 Å². The minimum atomic E-state index is -1.46. The maximum absolute atomic E-state index is 9.91. The Hall–Kier alpha value is -1.63. The van der Waals surface area contributed by atoms with E-state index >= 15 is 0 Å². The van der Waals surface area contributed by atoms with E-state index in [4.69, 9.17) is 15.2 Å². The van der Waals surface area contributed by atoms with E-state index < -0.39 is 22.2 Å². The lowest BCUT2D eigenvalue weighted by Gasteiger charge is -2.35. The van der Waals surface area contributed by atoms with E-state index in [2.05, 4.69) is 17.1 Å². The van der Waals surface area contributed by atoms with Gasteiger partial charge in [-0.2, -0.15) is 10.5 Å². The second kappa shape index (κ2) is 3.72. The van der Waals surface area contributed by atoms with Gasteiger partial charge in [-0.15, -0.1) is 0 Å². The minimum Gasteiger partial charge on any atom is -0.386 e. The second-order valence-electron chi connectivity index (χ2n) is 5.85. The van der Waals surface area contributed by atoms with Gasteiger partial charge in [0.15, 0.2) is 5.41 Å². The molecule has 2 atom stereocenters. The summed E-state index contributed by atoms with van der Waals surface area (Å²) in [6, 6.07) is 4.62. The molecule has 0 radical (unpaired) electrons. The van der Waals surface area contributed by atoms with Crippen LogP contribution in [0.4, 0.5) is 0 Å². The average molecular weight is 274 g/mol. The van der Waals surface area contributed by atoms with Crippen LogP contribution in [0.25, 0.3) is 0 Å². The maximum Gasteiger partial charge on any atom is 0.292 e. The van der Waals surface area contributed by atoms with Gasteiger partial charge in [-0.05, 0) is 12.8 Å². The summed E-state index contributed by atoms with van der Waals surface area (Å²) in [6.45, 7) is 0. The average Bonchev–Trinajstić information content (AvgIpc) is 2.89. The number of ether oxygens (including phenoxy) is 2. The summed E-state index contributed by atoms with van der Waals surface area (Å²) >= 11 is 0. The number of hydrogen-bond acceptors (Lipinski definition) is 6. The molecule has 1 aliphatic heterocycles. The molecule has 0 amide bonds. The van der Waals surface area contributed by atoms with Crippen molar-refractivity contribution in [3.63, 3.8) is 0 Å². The van der Waals surface area contributed by atoms with Crippen molar-refractivity contribution in [2.45, 2.75) is 38.0 Å². The summed E-state index contributed by atoms with van der Waals surface area (Å²) < 4.78 is 10.9. The Morgan fingerprint density at radius 1 is 1.10 bits per heavy atom. The Kier molecular flexibility index (Phi) is 2.48. The summed E-state index contributed by atoms with van der Waals surface area (Å²) in [5.41, 5.74) is 3.39. The molecule has 2 saturated carbocycles. The van der Waals surface area contributed by atoms with Gasteiger partial charge in [-0.3, -0.25) is 0 Å². The van der Waals surface area contributed by atoms with Gasteiger partial charge in [0.1, 0.15) is 11.3 Å². The van der Waals surface area contributed by atoms with Crippen molar-refractivity contribution in [1.29, 1.82) is 10.5 Å². The van der Waals surface area contributed by atoms with Crippen molar-refractivity contribution in [3.05, 3.63) is 0 Å². The number of amidine groups is 1. The highest BCUT2D eigenvalue weighted by Gasteiger charge is 3.00. The number of nitrogens with two attached hydrogens (primary N) is 1. The molecule has 0 aromatic heterocycles. The fourth-order valence-electron chi connectivity index (χ4n) is 4.89. The summed E-state index contributed by atoms with van der Waals surface area (Å²) in [4.78, 5) is 4.23. The summed E-state index contributed by atoms with van der Waals surface area (Å²) in [6.07, 6.45) is 4.68. The van der Waals surface area contributed by atoms with E-state index in [1.165, 1.54) is 14.2 Å². The van der Waals surface area contributed by atoms with E-state index in [0.717, 1.165) is 32.1 Å². The van der Waals surface area contributed by atoms with Crippen LogP contribution in [0.1, 0.15) is 32.1 Å². The lowest BCUT2D eigenvalue weighted by molar-refractivity contribution is -0.238. The van der Waals surface area contributed by atoms with Gasteiger partial charge in [0.25, 0.3) is 5.91 Å². The van der Waals surface area contributed by atoms with E-state index in [1.54, 1.807) is 0 Å². The number of hydrogen-bond donors (Lipinski definition) is 1. The molecule has 6 nitrogen and oxygen atoms in total. The molecule has 0 saturated heterocycles. The Bertz CT molecular complexity index is 563. The third-order valence-electron chi connectivity index (χ3n) is 5.66. The largest absolute Gasteiger partial charge is 0.386 e. The van der Waals surface area contributed by atoms with Gasteiger partial charge in [0.05, 0.1) is 12.1 Å². The van der Waals surface area contributed by atoms with Crippen LogP contribution in [-0.4, -0.2) is 26.0 Å². The molecule has 0 bridgehead atoms. The zero-order valence-corrected chi connectivity index (χ0v) is 11.8. The lowest BCUT2D eigenvalue weighted by Crippen LogP contribution is -2.44. The predicted molar refractivity (Wildman–Crippen MR) is 70.0 cm³/mol. The minimum absolute atomic E-state index is 0.187. The highest BCUT2D eigenvalue weighted by Crippen LogP contribution is 2.88. The monoisotopic (exact) mass is 274 g/mol. The standard InChI is InChI=1S/C14H18N4O2/c1-19-14(20-2)13(9-16)11(6-4-3-5-7-11)12(13,8-15)10(17)18-14/h3-7H2,1-2H3,(H2,17,18). The highest BCUT2D eigenvalue weighted by atomic mass is 16.7. The molecule has 1 spiro atoms. The van der Waals surface area contributed by atoms with Crippen molar-refractivity contribution in [2.24, 2.45) is 27.0 Å². The quantitative estimate of drug-likeness (QED) is 0.764. The van der Waals surface area contributed by atoms with Crippen LogP contribution in [0.2, 0.25) is 0 Å². The molecule has 3 rings (SSSR count). The molecule has 2 N–H and O–H groups in total. The smallest absolute Gasteiger partial charge is 0.292 e. The molecule has 2 aliphatic carbocycles. The first-order valence-electron chi connectivity index (χ1n) is 6.86. The molecular weight excluding hydrogens is 256 g/mol. The van der Waals surface area contributed by atoms with Crippen LogP contribution in [0, 0.1) is 38.9 Å². The van der Waals surface area contributed by atoms with Gasteiger partial charge in [-0.1, -0.05) is 19.3 Å². The van der Waals surface area contributed by atoms with Gasteiger partial charge >= 0.3 is 0 Å². The molecule has 1 heterocycles. The highest BCUT2D eigenvalue weighted by molar-refractivity contribution is 6.00. The predicted octanol–water partition coefficient (Wildman–Crippen LogP) is 1.29. The molecule has 6 heteroatoms. The number of aliphatic imine (C=N–C) groups is 1. The topological polar surface area (TPSA) is 104 Å². The fourth-order valence-corrected chi connectivity index (χ4v) is 4.89. The van der Waals surface area contributed by atoms with E-state index in [1.807, 2.05) is 0 Å². The molecule has 0 aromatic carbocycles. The number of methoxy groups -OCH3 is 2. The second-order valence-corrected chi connectivity index (χ2v) is 5.85. The molecule has 106 valence electrons. The molecule has 0 aromatic rings. The van der Waals surface area contributed by atoms with Crippen LogP contribution in [0.5, 0.6) is 0 Å². The van der Waals surface area contributed by atoms with Gasteiger partial charge in [-0.25, -0.2) is 4.99 Å². The number of nitrogens with zero attached hydrogens (tertiary/aromatic N) is 3. The Labute approximate surface area is 118 Å². The molecule has 3 aliphatic rings. The first-order valence-corrected chi connectivity index (χ1v) is 6.86. The van der Waals surface area contributed by atoms with Crippen LogP contribution in [0.15, 0.2) is 4.99 Å². The third kappa shape index (κ3) is 0.905. The Morgan fingerprint density at radius 3 is 2.15 bits per heavy atom. The van der Waals surface area contributed by atoms with Crippen molar-refractivity contribution in [1.82, 2.24) is 0 Å². The normalized spacial score (nSPS) is 39.5. The lowest BCUT2D eigenvalue weighted by atomic mass is 9.76. The fraction of sp³-hybridized carbons (Fsp3) is 0.786. The van der Waals surface area contributed by atoms with E-state index in [9.17, 15) is 10.5 Å². The number of rotatable bonds is 2. The van der Waals surface area contributed by atoms with Crippen molar-refractivity contribution >= 4 is 5.84 Å². The van der Waals surface area contributed by atoms with Crippen LogP contribution >= 0.6 is 0 Å². The van der Waals surface area contributed by atoms with Crippen LogP contribution in [-0.2, 0) is 9.47 Å². The van der Waals surface area contributed by atoms with E-state index in [-0.39, 0.29) is 5.84 Å². The number of nitriles is 2. The Morgan fingerprint density at radius 2 is 1.70 bits per heavy atom. The Balaban J connectivity index is 2.26. The first kappa shape index (κ1) is 13.4. The van der Waals surface area contributed by atoms with Crippen molar-refractivity contribution in [3.8, 4) is 12.1 Å².